The van der Waals surface area contributed by atoms with E-state index in [-0.39, 0.29) is 0 Å². The first-order chi connectivity index (χ1) is 7.29. The molecule has 0 aliphatic rings. The summed E-state index contributed by atoms with van der Waals surface area (Å²) in [6.07, 6.45) is -2.75. The first kappa shape index (κ1) is 12.7. The molecule has 1 rings (SSSR count). The van der Waals surface area contributed by atoms with Gasteiger partial charge >= 0.3 is 0 Å². The summed E-state index contributed by atoms with van der Waals surface area (Å²) >= 11 is 0. The average Bonchev–Trinajstić information content (AvgIpc) is 2.14. The molecule has 0 spiro atoms. The molecule has 1 aromatic rings. The van der Waals surface area contributed by atoms with E-state index in [1.54, 1.807) is 0 Å². The van der Waals surface area contributed by atoms with Crippen molar-refractivity contribution in [2.75, 3.05) is 7.11 Å². The molecular weight excluding hydrogens is 249 g/mol. The first-order valence-electron chi connectivity index (χ1n) is 3.82. The van der Waals surface area contributed by atoms with Gasteiger partial charge in [0.15, 0.2) is 16.5 Å². The van der Waals surface area contributed by atoms with Crippen LogP contribution in [0.25, 0.3) is 0 Å². The number of nitrogens with two attached hydrogens (primary N) is 1. The molecule has 0 radical (unpaired) electrons. The number of nitrogens with zero attached hydrogens (tertiary/aromatic N) is 1. The summed E-state index contributed by atoms with van der Waals surface area (Å²) in [5, 5.41) is 4.68. The molecule has 1 heterocycles. The van der Waals surface area contributed by atoms with Crippen LogP contribution in [0, 0.1) is 5.82 Å². The van der Waals surface area contributed by atoms with Gasteiger partial charge in [-0.15, -0.1) is 0 Å². The van der Waals surface area contributed by atoms with Gasteiger partial charge in [0.25, 0.3) is 6.43 Å². The maximum Gasteiger partial charge on any atom is 0.284 e. The number of pyridine rings is 1. The monoisotopic (exact) mass is 256 g/mol. The quantitative estimate of drug-likeness (QED) is 0.867. The minimum absolute atomic E-state index is 0.351. The van der Waals surface area contributed by atoms with E-state index in [1.807, 2.05) is 0 Å². The van der Waals surface area contributed by atoms with E-state index >= 15 is 0 Å². The second-order valence-corrected chi connectivity index (χ2v) is 4.20. The van der Waals surface area contributed by atoms with Crippen LogP contribution in [0.4, 0.5) is 13.2 Å². The maximum absolute atomic E-state index is 13.1. The van der Waals surface area contributed by atoms with Crippen LogP contribution in [0.2, 0.25) is 0 Å². The fourth-order valence-electron chi connectivity index (χ4n) is 1.09. The van der Waals surface area contributed by atoms with E-state index in [2.05, 4.69) is 14.9 Å². The van der Waals surface area contributed by atoms with E-state index in [0.29, 0.717) is 6.20 Å². The van der Waals surface area contributed by atoms with Gasteiger partial charge in [0, 0.05) is 0 Å². The Morgan fingerprint density at radius 2 is 2.06 bits per heavy atom. The lowest BCUT2D eigenvalue weighted by molar-refractivity contribution is 0.140. The zero-order valence-electron chi connectivity index (χ0n) is 7.95. The second kappa shape index (κ2) is 4.26. The Kier molecular flexibility index (Phi) is 3.38. The third-order valence-electron chi connectivity index (χ3n) is 1.67. The van der Waals surface area contributed by atoms with E-state index in [1.165, 1.54) is 0 Å². The number of halogens is 3. The van der Waals surface area contributed by atoms with E-state index in [9.17, 15) is 21.6 Å². The summed E-state index contributed by atoms with van der Waals surface area (Å²) in [6.45, 7) is 0. The van der Waals surface area contributed by atoms with E-state index < -0.39 is 38.6 Å². The number of aromatic nitrogens is 1. The van der Waals surface area contributed by atoms with Crippen molar-refractivity contribution in [1.29, 1.82) is 0 Å². The molecule has 2 N–H and O–H groups in total. The van der Waals surface area contributed by atoms with Gasteiger partial charge in [0.1, 0.15) is 5.69 Å². The standard InChI is InChI=1S/C7H7F3N2O3S/c1-15-5-4(7(9)10)12-2-3(8)6(5)16(11,13)14/h2,7H,1H3,(H2,11,13,14). The molecule has 0 atom stereocenters. The number of sulfonamides is 1. The highest BCUT2D eigenvalue weighted by molar-refractivity contribution is 7.89. The minimum Gasteiger partial charge on any atom is -0.493 e. The van der Waals surface area contributed by atoms with Crippen LogP contribution in [-0.4, -0.2) is 20.5 Å². The van der Waals surface area contributed by atoms with Crippen LogP contribution in [0.5, 0.6) is 5.75 Å². The van der Waals surface area contributed by atoms with Gasteiger partial charge in [-0.05, 0) is 0 Å². The van der Waals surface area contributed by atoms with Crippen molar-refractivity contribution < 1.29 is 26.3 Å². The highest BCUT2D eigenvalue weighted by Gasteiger charge is 2.28. The molecule has 9 heteroatoms. The van der Waals surface area contributed by atoms with Gasteiger partial charge in [-0.2, -0.15) is 0 Å². The predicted octanol–water partition coefficient (Wildman–Crippen LogP) is 0.814. The van der Waals surface area contributed by atoms with Crippen molar-refractivity contribution in [3.05, 3.63) is 17.7 Å². The number of hydrogen-bond acceptors (Lipinski definition) is 4. The van der Waals surface area contributed by atoms with Gasteiger partial charge in [-0.3, -0.25) is 0 Å². The van der Waals surface area contributed by atoms with Crippen molar-refractivity contribution in [1.82, 2.24) is 4.98 Å². The lowest BCUT2D eigenvalue weighted by Gasteiger charge is -2.11. The molecule has 0 amide bonds. The normalized spacial score (nSPS) is 11.9. The molecule has 0 aliphatic heterocycles. The third-order valence-corrected chi connectivity index (χ3v) is 2.62. The van der Waals surface area contributed by atoms with Gasteiger partial charge in [-0.25, -0.2) is 31.7 Å². The summed E-state index contributed by atoms with van der Waals surface area (Å²) in [7, 11) is -3.59. The second-order valence-electron chi connectivity index (χ2n) is 2.70. The molecular formula is C7H7F3N2O3S. The lowest BCUT2D eigenvalue weighted by Crippen LogP contribution is -2.17. The summed E-state index contributed by atoms with van der Waals surface area (Å²) < 4.78 is 64.3. The Hall–Kier alpha value is -1.35. The molecule has 0 saturated carbocycles. The molecule has 0 fully saturated rings. The highest BCUT2D eigenvalue weighted by Crippen LogP contribution is 2.33. The number of alkyl halides is 2. The third kappa shape index (κ3) is 2.25. The van der Waals surface area contributed by atoms with Crippen LogP contribution in [0.15, 0.2) is 11.1 Å². The molecule has 0 aliphatic carbocycles. The van der Waals surface area contributed by atoms with Gasteiger partial charge in [-0.1, -0.05) is 0 Å². The minimum atomic E-state index is -4.51. The molecule has 5 nitrogen and oxygen atoms in total. The summed E-state index contributed by atoms with van der Waals surface area (Å²) in [5.41, 5.74) is -0.979. The Bertz CT molecular complexity index is 504. The summed E-state index contributed by atoms with van der Waals surface area (Å²) in [5.74, 6) is -2.22. The van der Waals surface area contributed by atoms with Crippen molar-refractivity contribution in [3.63, 3.8) is 0 Å². The lowest BCUT2D eigenvalue weighted by atomic mass is 10.3. The average molecular weight is 256 g/mol. The number of primary sulfonamides is 1. The molecule has 0 aromatic carbocycles. The van der Waals surface area contributed by atoms with E-state index in [4.69, 9.17) is 0 Å². The van der Waals surface area contributed by atoms with Crippen LogP contribution in [-0.2, 0) is 10.0 Å². The molecule has 0 saturated heterocycles. The highest BCUT2D eigenvalue weighted by atomic mass is 32.2. The molecule has 1 aromatic heterocycles. The molecule has 16 heavy (non-hydrogen) atoms. The topological polar surface area (TPSA) is 82.3 Å². The Morgan fingerprint density at radius 3 is 2.44 bits per heavy atom. The Balaban J connectivity index is 3.64. The van der Waals surface area contributed by atoms with Crippen LogP contribution < -0.4 is 9.88 Å². The number of methoxy groups -OCH3 is 1. The summed E-state index contributed by atoms with van der Waals surface area (Å²) in [6, 6.07) is 0. The largest absolute Gasteiger partial charge is 0.493 e. The molecule has 0 bridgehead atoms. The predicted molar refractivity (Wildman–Crippen MR) is 47.1 cm³/mol. The SMILES string of the molecule is COc1c(C(F)F)ncc(F)c1S(N)(=O)=O. The van der Waals surface area contributed by atoms with Crippen LogP contribution >= 0.6 is 0 Å². The van der Waals surface area contributed by atoms with Crippen LogP contribution in [0.3, 0.4) is 0 Å². The smallest absolute Gasteiger partial charge is 0.284 e. The van der Waals surface area contributed by atoms with Gasteiger partial charge in [0.2, 0.25) is 10.0 Å². The van der Waals surface area contributed by atoms with Crippen molar-refractivity contribution in [2.45, 2.75) is 11.3 Å². The maximum atomic E-state index is 13.1. The van der Waals surface area contributed by atoms with Crippen LogP contribution in [0.1, 0.15) is 12.1 Å². The van der Waals surface area contributed by atoms with Gasteiger partial charge in [0.05, 0.1) is 13.3 Å². The number of hydrogen-bond donors (Lipinski definition) is 1. The van der Waals surface area contributed by atoms with E-state index in [0.717, 1.165) is 7.11 Å². The fraction of sp³-hybridized carbons (Fsp3) is 0.286. The molecule has 0 unspecified atom stereocenters. The first-order valence-corrected chi connectivity index (χ1v) is 5.37. The van der Waals surface area contributed by atoms with Gasteiger partial charge < -0.3 is 4.74 Å². The Labute approximate surface area is 89.1 Å². The van der Waals surface area contributed by atoms with Crippen molar-refractivity contribution in [2.24, 2.45) is 5.14 Å². The molecule has 90 valence electrons. The number of ether oxygens (including phenoxy) is 1. The number of rotatable bonds is 3. The fourth-order valence-corrected chi connectivity index (χ4v) is 1.86. The van der Waals surface area contributed by atoms with Crippen molar-refractivity contribution >= 4 is 10.0 Å². The zero-order chi connectivity index (χ0) is 12.5. The Morgan fingerprint density at radius 1 is 1.50 bits per heavy atom. The summed E-state index contributed by atoms with van der Waals surface area (Å²) in [4.78, 5) is 1.93. The zero-order valence-corrected chi connectivity index (χ0v) is 8.76. The van der Waals surface area contributed by atoms with Crippen molar-refractivity contribution in [3.8, 4) is 5.75 Å².